The summed E-state index contributed by atoms with van der Waals surface area (Å²) in [4.78, 5) is 3.91. The Bertz CT molecular complexity index is 1430. The van der Waals surface area contributed by atoms with Gasteiger partial charge < -0.3 is 20.3 Å². The highest BCUT2D eigenvalue weighted by molar-refractivity contribution is 7.92. The first-order valence-corrected chi connectivity index (χ1v) is 14.7. The van der Waals surface area contributed by atoms with Gasteiger partial charge >= 0.3 is 0 Å². The molecule has 4 N–H and O–H groups in total. The smallest absolute Gasteiger partial charge is 0.236 e. The molecule has 4 rings (SSSR count). The van der Waals surface area contributed by atoms with Crippen LogP contribution in [0.1, 0.15) is 30.9 Å². The van der Waals surface area contributed by atoms with Gasteiger partial charge in [0, 0.05) is 38.0 Å². The molecule has 0 aliphatic carbocycles. The third-order valence-electron chi connectivity index (χ3n) is 7.02. The van der Waals surface area contributed by atoms with Gasteiger partial charge in [-0.1, -0.05) is 24.3 Å². The maximum Gasteiger partial charge on any atom is 0.236 e. The molecule has 10 heteroatoms. The van der Waals surface area contributed by atoms with Gasteiger partial charge in [-0.3, -0.25) is 15.1 Å². The van der Waals surface area contributed by atoms with Crippen LogP contribution in [0.2, 0.25) is 0 Å². The van der Waals surface area contributed by atoms with Crippen LogP contribution >= 0.6 is 0 Å². The standard InChI is InChI=1S/C29H38N6O3S/c1-21(30)34-14-12-28(13-15-34)38-27-10-8-26(9-11-27)35(39(36,37)17-16-33(2)3)20-22-4-5-23-6-7-24(29(31)32)19-25(23)18-22/h4-11,18-19,28,30H,12-17,20H2,1-3H3,(H3,31,32). The van der Waals surface area contributed by atoms with E-state index < -0.39 is 10.0 Å². The van der Waals surface area contributed by atoms with E-state index in [1.54, 1.807) is 19.1 Å². The number of hydrogen-bond donors (Lipinski definition) is 3. The summed E-state index contributed by atoms with van der Waals surface area (Å²) in [5.74, 6) is 1.27. The third-order valence-corrected chi connectivity index (χ3v) is 8.73. The lowest BCUT2D eigenvalue weighted by Gasteiger charge is -2.33. The molecule has 0 saturated carbocycles. The number of nitrogens with two attached hydrogens (primary N) is 1. The zero-order chi connectivity index (χ0) is 28.2. The highest BCUT2D eigenvalue weighted by Gasteiger charge is 2.24. The fraction of sp³-hybridized carbons (Fsp3) is 0.379. The fourth-order valence-corrected chi connectivity index (χ4v) is 6.28. The average molecular weight is 551 g/mol. The van der Waals surface area contributed by atoms with E-state index >= 15 is 0 Å². The van der Waals surface area contributed by atoms with E-state index in [-0.39, 0.29) is 24.2 Å². The number of benzene rings is 3. The van der Waals surface area contributed by atoms with Crippen molar-refractivity contribution in [2.45, 2.75) is 32.4 Å². The molecule has 39 heavy (non-hydrogen) atoms. The van der Waals surface area contributed by atoms with E-state index in [4.69, 9.17) is 21.3 Å². The zero-order valence-corrected chi connectivity index (χ0v) is 23.7. The van der Waals surface area contributed by atoms with Gasteiger partial charge in [0.2, 0.25) is 10.0 Å². The second kappa shape index (κ2) is 12.0. The minimum absolute atomic E-state index is 0.00658. The second-order valence-electron chi connectivity index (χ2n) is 10.3. The van der Waals surface area contributed by atoms with Gasteiger partial charge in [0.05, 0.1) is 23.8 Å². The van der Waals surface area contributed by atoms with Crippen LogP contribution in [0.5, 0.6) is 5.75 Å². The van der Waals surface area contributed by atoms with E-state index in [1.807, 2.05) is 72.4 Å². The van der Waals surface area contributed by atoms with Gasteiger partial charge in [-0.25, -0.2) is 8.42 Å². The summed E-state index contributed by atoms with van der Waals surface area (Å²) in [7, 11) is 0.0871. The first-order chi connectivity index (χ1) is 18.5. The predicted octanol–water partition coefficient (Wildman–Crippen LogP) is 3.86. The minimum Gasteiger partial charge on any atom is -0.490 e. The van der Waals surface area contributed by atoms with E-state index in [1.165, 1.54) is 4.31 Å². The number of fused-ring (bicyclic) bond motifs is 1. The molecule has 1 fully saturated rings. The minimum atomic E-state index is -3.63. The Labute approximate surface area is 231 Å². The Morgan fingerprint density at radius 1 is 1.00 bits per heavy atom. The van der Waals surface area contributed by atoms with Crippen molar-refractivity contribution in [1.29, 1.82) is 10.8 Å². The molecule has 1 saturated heterocycles. The quantitative estimate of drug-likeness (QED) is 0.260. The molecule has 1 aliphatic rings. The largest absolute Gasteiger partial charge is 0.490 e. The van der Waals surface area contributed by atoms with Crippen LogP contribution in [0.3, 0.4) is 0 Å². The molecule has 3 aromatic carbocycles. The van der Waals surface area contributed by atoms with Gasteiger partial charge in [0.15, 0.2) is 0 Å². The molecule has 1 heterocycles. The maximum atomic E-state index is 13.5. The van der Waals surface area contributed by atoms with Gasteiger partial charge in [0.25, 0.3) is 0 Å². The first kappa shape index (κ1) is 28.4. The van der Waals surface area contributed by atoms with Crippen molar-refractivity contribution >= 4 is 38.2 Å². The summed E-state index contributed by atoms with van der Waals surface area (Å²) in [6.07, 6.45) is 1.76. The van der Waals surface area contributed by atoms with Crippen LogP contribution in [-0.2, 0) is 16.6 Å². The first-order valence-electron chi connectivity index (χ1n) is 13.1. The average Bonchev–Trinajstić information content (AvgIpc) is 2.91. The van der Waals surface area contributed by atoms with Crippen LogP contribution < -0.4 is 14.8 Å². The summed E-state index contributed by atoms with van der Waals surface area (Å²) in [5, 5.41) is 17.4. The lowest BCUT2D eigenvalue weighted by molar-refractivity contribution is 0.130. The molecule has 0 radical (unpaired) electrons. The number of anilines is 1. The lowest BCUT2D eigenvalue weighted by Crippen LogP contribution is -2.40. The number of nitrogens with zero attached hydrogens (tertiary/aromatic N) is 3. The lowest BCUT2D eigenvalue weighted by atomic mass is 10.0. The van der Waals surface area contributed by atoms with Gasteiger partial charge in [-0.2, -0.15) is 0 Å². The van der Waals surface area contributed by atoms with Crippen LogP contribution in [0, 0.1) is 10.8 Å². The number of nitrogens with one attached hydrogen (secondary N) is 2. The molecule has 0 amide bonds. The van der Waals surface area contributed by atoms with Crippen LogP contribution in [-0.4, -0.2) is 75.5 Å². The Kier molecular flexibility index (Phi) is 8.76. The van der Waals surface area contributed by atoms with Crippen molar-refractivity contribution in [3.8, 4) is 5.75 Å². The van der Waals surface area contributed by atoms with Crippen molar-refractivity contribution in [3.05, 3.63) is 71.8 Å². The number of ether oxygens (including phenoxy) is 1. The Balaban J connectivity index is 1.56. The van der Waals surface area contributed by atoms with Crippen molar-refractivity contribution in [1.82, 2.24) is 9.80 Å². The number of nitrogen functional groups attached to an aromatic ring is 1. The summed E-state index contributed by atoms with van der Waals surface area (Å²) in [5.41, 5.74) is 7.72. The topological polar surface area (TPSA) is 127 Å². The number of rotatable bonds is 10. The van der Waals surface area contributed by atoms with Crippen molar-refractivity contribution in [2.24, 2.45) is 5.73 Å². The molecule has 0 unspecified atom stereocenters. The Morgan fingerprint density at radius 3 is 2.28 bits per heavy atom. The molecule has 0 aromatic heterocycles. The fourth-order valence-electron chi connectivity index (χ4n) is 4.68. The monoisotopic (exact) mass is 550 g/mol. The number of amidine groups is 2. The van der Waals surface area contributed by atoms with Crippen molar-refractivity contribution in [2.75, 3.05) is 43.8 Å². The summed E-state index contributed by atoms with van der Waals surface area (Å²) >= 11 is 0. The molecule has 0 bridgehead atoms. The molecule has 208 valence electrons. The molecular weight excluding hydrogens is 512 g/mol. The van der Waals surface area contributed by atoms with E-state index in [0.717, 1.165) is 42.3 Å². The van der Waals surface area contributed by atoms with Crippen molar-refractivity contribution < 1.29 is 13.2 Å². The summed E-state index contributed by atoms with van der Waals surface area (Å²) in [6, 6.07) is 18.7. The molecule has 9 nitrogen and oxygen atoms in total. The molecule has 0 atom stereocenters. The molecule has 3 aromatic rings. The van der Waals surface area contributed by atoms with Crippen LogP contribution in [0.4, 0.5) is 5.69 Å². The predicted molar refractivity (Wildman–Crippen MR) is 159 cm³/mol. The second-order valence-corrected chi connectivity index (χ2v) is 12.3. The van der Waals surface area contributed by atoms with Crippen LogP contribution in [0.25, 0.3) is 10.8 Å². The molecule has 0 spiro atoms. The van der Waals surface area contributed by atoms with Gasteiger partial charge in [-0.05, 0) is 73.8 Å². The zero-order valence-electron chi connectivity index (χ0n) is 22.9. The third kappa shape index (κ3) is 7.27. The Morgan fingerprint density at radius 2 is 1.67 bits per heavy atom. The molecular formula is C29H38N6O3S. The highest BCUT2D eigenvalue weighted by atomic mass is 32.2. The number of hydrogen-bond acceptors (Lipinski definition) is 6. The number of sulfonamides is 1. The van der Waals surface area contributed by atoms with Crippen LogP contribution in [0.15, 0.2) is 60.7 Å². The van der Waals surface area contributed by atoms with Gasteiger partial charge in [0.1, 0.15) is 17.7 Å². The van der Waals surface area contributed by atoms with E-state index in [9.17, 15) is 8.42 Å². The summed E-state index contributed by atoms with van der Waals surface area (Å²) < 4.78 is 34.7. The van der Waals surface area contributed by atoms with E-state index in [2.05, 4.69) is 0 Å². The molecule has 1 aliphatic heterocycles. The van der Waals surface area contributed by atoms with Gasteiger partial charge in [-0.15, -0.1) is 0 Å². The Hall–Kier alpha value is -3.63. The number of piperidine rings is 1. The van der Waals surface area contributed by atoms with Crippen molar-refractivity contribution in [3.63, 3.8) is 0 Å². The normalized spacial score (nSPS) is 14.5. The highest BCUT2D eigenvalue weighted by Crippen LogP contribution is 2.27. The summed E-state index contributed by atoms with van der Waals surface area (Å²) in [6.45, 7) is 4.00. The SMILES string of the molecule is CC(=N)N1CCC(Oc2ccc(N(Cc3ccc4ccc(C(=N)N)cc4c3)S(=O)(=O)CCN(C)C)cc2)CC1. The van der Waals surface area contributed by atoms with E-state index in [0.29, 0.717) is 29.4 Å². The maximum absolute atomic E-state index is 13.5. The number of likely N-dealkylation sites (tertiary alicyclic amines) is 1.